The van der Waals surface area contributed by atoms with Crippen molar-refractivity contribution in [3.05, 3.63) is 28.8 Å². The van der Waals surface area contributed by atoms with Gasteiger partial charge in [0.1, 0.15) is 0 Å². The minimum absolute atomic E-state index is 0.0467. The number of ether oxygens (including phenoxy) is 1. The fourth-order valence-corrected chi connectivity index (χ4v) is 2.78. The summed E-state index contributed by atoms with van der Waals surface area (Å²) in [5.41, 5.74) is 1.54. The van der Waals surface area contributed by atoms with Gasteiger partial charge in [0.05, 0.1) is 16.6 Å². The van der Waals surface area contributed by atoms with E-state index in [1.807, 2.05) is 13.0 Å². The van der Waals surface area contributed by atoms with Gasteiger partial charge >= 0.3 is 5.97 Å². The van der Waals surface area contributed by atoms with Crippen LogP contribution in [0.2, 0.25) is 5.02 Å². The summed E-state index contributed by atoms with van der Waals surface area (Å²) in [6, 6.07) is 5.36. The van der Waals surface area contributed by atoms with E-state index in [9.17, 15) is 9.59 Å². The molecule has 0 heterocycles. The minimum atomic E-state index is -0.370. The van der Waals surface area contributed by atoms with Gasteiger partial charge in [0.15, 0.2) is 6.61 Å². The maximum atomic E-state index is 11.8. The average Bonchev–Trinajstić information content (AvgIpc) is 2.48. The Labute approximate surface area is 129 Å². The fraction of sp³-hybridized carbons (Fsp3) is 0.500. The molecule has 1 aliphatic carbocycles. The Morgan fingerprint density at radius 2 is 2.00 bits per heavy atom. The number of benzene rings is 1. The van der Waals surface area contributed by atoms with Gasteiger partial charge in [-0.1, -0.05) is 36.9 Å². The summed E-state index contributed by atoms with van der Waals surface area (Å²) in [7, 11) is 0. The van der Waals surface area contributed by atoms with Crippen LogP contribution < -0.4 is 5.32 Å². The predicted octanol–water partition coefficient (Wildman–Crippen LogP) is 3.71. The van der Waals surface area contributed by atoms with E-state index in [2.05, 4.69) is 5.32 Å². The number of carbonyl (C=O) groups is 2. The topological polar surface area (TPSA) is 55.4 Å². The Hall–Kier alpha value is -1.55. The first-order valence-corrected chi connectivity index (χ1v) is 7.66. The number of nitrogens with one attached hydrogen (secondary N) is 1. The van der Waals surface area contributed by atoms with Gasteiger partial charge in [-0.3, -0.25) is 9.59 Å². The van der Waals surface area contributed by atoms with Crippen LogP contribution in [0.1, 0.15) is 37.7 Å². The molecule has 4 nitrogen and oxygen atoms in total. The molecule has 1 fully saturated rings. The Balaban J connectivity index is 1.80. The van der Waals surface area contributed by atoms with E-state index >= 15 is 0 Å². The number of amides is 1. The first-order chi connectivity index (χ1) is 10.1. The molecule has 114 valence electrons. The number of carbonyl (C=O) groups excluding carboxylic acids is 2. The Morgan fingerprint density at radius 3 is 2.67 bits per heavy atom. The molecule has 0 spiro atoms. The van der Waals surface area contributed by atoms with E-state index < -0.39 is 0 Å². The average molecular weight is 310 g/mol. The van der Waals surface area contributed by atoms with E-state index in [0.29, 0.717) is 10.7 Å². The van der Waals surface area contributed by atoms with Crippen LogP contribution in [-0.4, -0.2) is 18.5 Å². The number of aryl methyl sites for hydroxylation is 1. The summed E-state index contributed by atoms with van der Waals surface area (Å²) in [6.07, 6.45) is 5.03. The van der Waals surface area contributed by atoms with Crippen molar-refractivity contribution in [2.24, 2.45) is 5.92 Å². The number of hydrogen-bond donors (Lipinski definition) is 1. The number of anilines is 1. The molecule has 1 saturated carbocycles. The zero-order valence-electron chi connectivity index (χ0n) is 12.2. The second-order valence-electron chi connectivity index (χ2n) is 5.47. The fourth-order valence-electron chi connectivity index (χ4n) is 2.50. The smallest absolute Gasteiger partial charge is 0.309 e. The van der Waals surface area contributed by atoms with Crippen molar-refractivity contribution >= 4 is 29.2 Å². The molecule has 1 N–H and O–H groups in total. The van der Waals surface area contributed by atoms with Crippen LogP contribution >= 0.6 is 11.6 Å². The third-order valence-electron chi connectivity index (χ3n) is 3.68. The maximum absolute atomic E-state index is 11.8. The van der Waals surface area contributed by atoms with Gasteiger partial charge in [-0.15, -0.1) is 0 Å². The Morgan fingerprint density at radius 1 is 1.29 bits per heavy atom. The molecule has 1 aromatic carbocycles. The minimum Gasteiger partial charge on any atom is -0.455 e. The lowest BCUT2D eigenvalue weighted by Crippen LogP contribution is -2.26. The Kier molecular flexibility index (Phi) is 5.62. The van der Waals surface area contributed by atoms with E-state index in [1.54, 1.807) is 12.1 Å². The summed E-state index contributed by atoms with van der Waals surface area (Å²) in [4.78, 5) is 23.6. The summed E-state index contributed by atoms with van der Waals surface area (Å²) in [6.45, 7) is 1.66. The van der Waals surface area contributed by atoms with Gasteiger partial charge in [0.25, 0.3) is 5.91 Å². The van der Waals surface area contributed by atoms with Crippen LogP contribution in [0, 0.1) is 12.8 Å². The predicted molar refractivity (Wildman–Crippen MR) is 82.4 cm³/mol. The monoisotopic (exact) mass is 309 g/mol. The molecule has 0 radical (unpaired) electrons. The number of esters is 1. The van der Waals surface area contributed by atoms with E-state index in [0.717, 1.165) is 31.2 Å². The van der Waals surface area contributed by atoms with Gasteiger partial charge in [-0.2, -0.15) is 0 Å². The molecule has 2 rings (SSSR count). The van der Waals surface area contributed by atoms with Gasteiger partial charge in [0, 0.05) is 0 Å². The molecule has 1 aromatic rings. The van der Waals surface area contributed by atoms with Crippen molar-refractivity contribution in [3.8, 4) is 0 Å². The van der Waals surface area contributed by atoms with Crippen molar-refractivity contribution in [2.75, 3.05) is 11.9 Å². The Bertz CT molecular complexity index is 524. The van der Waals surface area contributed by atoms with Crippen LogP contribution in [0.3, 0.4) is 0 Å². The lowest BCUT2D eigenvalue weighted by molar-refractivity contribution is -0.152. The highest BCUT2D eigenvalue weighted by Gasteiger charge is 2.23. The molecule has 0 aromatic heterocycles. The lowest BCUT2D eigenvalue weighted by atomic mass is 9.89. The van der Waals surface area contributed by atoms with Gasteiger partial charge in [-0.05, 0) is 37.5 Å². The molecule has 5 heteroatoms. The standard InChI is InChI=1S/C16H20ClNO3/c1-11-7-8-14(13(17)9-11)18-15(19)10-21-16(20)12-5-3-2-4-6-12/h7-9,12H,2-6,10H2,1H3,(H,18,19). The van der Waals surface area contributed by atoms with Gasteiger partial charge < -0.3 is 10.1 Å². The number of halogens is 1. The molecule has 0 unspecified atom stereocenters. The van der Waals surface area contributed by atoms with Crippen LogP contribution in [0.5, 0.6) is 0 Å². The summed E-state index contributed by atoms with van der Waals surface area (Å²) >= 11 is 6.04. The second kappa shape index (κ2) is 7.46. The highest BCUT2D eigenvalue weighted by Crippen LogP contribution is 2.25. The number of hydrogen-bond acceptors (Lipinski definition) is 3. The molecule has 0 atom stereocenters. The van der Waals surface area contributed by atoms with Crippen molar-refractivity contribution < 1.29 is 14.3 Å². The van der Waals surface area contributed by atoms with Gasteiger partial charge in [-0.25, -0.2) is 0 Å². The molecule has 1 aliphatic rings. The van der Waals surface area contributed by atoms with Gasteiger partial charge in [0.2, 0.25) is 0 Å². The molecule has 21 heavy (non-hydrogen) atoms. The molecule has 1 amide bonds. The van der Waals surface area contributed by atoms with Crippen LogP contribution in [-0.2, 0) is 14.3 Å². The quantitative estimate of drug-likeness (QED) is 0.863. The highest BCUT2D eigenvalue weighted by molar-refractivity contribution is 6.33. The van der Waals surface area contributed by atoms with Crippen LogP contribution in [0.4, 0.5) is 5.69 Å². The van der Waals surface area contributed by atoms with E-state index in [4.69, 9.17) is 16.3 Å². The highest BCUT2D eigenvalue weighted by atomic mass is 35.5. The summed E-state index contributed by atoms with van der Waals surface area (Å²) in [5, 5.41) is 3.12. The van der Waals surface area contributed by atoms with Crippen LogP contribution in [0.15, 0.2) is 18.2 Å². The summed E-state index contributed by atoms with van der Waals surface area (Å²) in [5.74, 6) is -0.681. The lowest BCUT2D eigenvalue weighted by Gasteiger charge is -2.19. The second-order valence-corrected chi connectivity index (χ2v) is 5.88. The third kappa shape index (κ3) is 4.74. The third-order valence-corrected chi connectivity index (χ3v) is 4.00. The first-order valence-electron chi connectivity index (χ1n) is 7.29. The SMILES string of the molecule is Cc1ccc(NC(=O)COC(=O)C2CCCCC2)c(Cl)c1. The van der Waals surface area contributed by atoms with Crippen molar-refractivity contribution in [3.63, 3.8) is 0 Å². The maximum Gasteiger partial charge on any atom is 0.309 e. The van der Waals surface area contributed by atoms with E-state index in [-0.39, 0.29) is 24.4 Å². The zero-order valence-corrected chi connectivity index (χ0v) is 12.9. The number of rotatable bonds is 4. The largest absolute Gasteiger partial charge is 0.455 e. The van der Waals surface area contributed by atoms with E-state index in [1.165, 1.54) is 6.42 Å². The first kappa shape index (κ1) is 15.8. The summed E-state index contributed by atoms with van der Waals surface area (Å²) < 4.78 is 5.09. The molecule has 0 saturated heterocycles. The molecule has 0 aliphatic heterocycles. The molecular weight excluding hydrogens is 290 g/mol. The van der Waals surface area contributed by atoms with Crippen molar-refractivity contribution in [1.29, 1.82) is 0 Å². The van der Waals surface area contributed by atoms with Crippen molar-refractivity contribution in [2.45, 2.75) is 39.0 Å². The van der Waals surface area contributed by atoms with Crippen LogP contribution in [0.25, 0.3) is 0 Å². The zero-order chi connectivity index (χ0) is 15.2. The van der Waals surface area contributed by atoms with Crippen molar-refractivity contribution in [1.82, 2.24) is 0 Å². The molecular formula is C16H20ClNO3. The normalized spacial score (nSPS) is 15.5. The molecule has 0 bridgehead atoms.